The highest BCUT2D eigenvalue weighted by Crippen LogP contribution is 2.26. The third-order valence-electron chi connectivity index (χ3n) is 3.49. The summed E-state index contributed by atoms with van der Waals surface area (Å²) in [5.41, 5.74) is 0.849. The van der Waals surface area contributed by atoms with E-state index >= 15 is 0 Å². The largest absolute Gasteiger partial charge is 0.488 e. The third kappa shape index (κ3) is 4.60. The average molecular weight is 331 g/mol. The van der Waals surface area contributed by atoms with E-state index in [1.807, 2.05) is 58.9 Å². The van der Waals surface area contributed by atoms with Gasteiger partial charge in [-0.15, -0.1) is 0 Å². The molecule has 0 unspecified atom stereocenters. The van der Waals surface area contributed by atoms with Crippen LogP contribution in [-0.4, -0.2) is 30.1 Å². The number of carbonyl (C=O) groups excluding carboxylic acids is 2. The van der Waals surface area contributed by atoms with E-state index in [4.69, 9.17) is 9.47 Å². The van der Waals surface area contributed by atoms with Crippen molar-refractivity contribution >= 4 is 18.0 Å². The van der Waals surface area contributed by atoms with Gasteiger partial charge in [0.25, 0.3) is 5.91 Å². The van der Waals surface area contributed by atoms with Gasteiger partial charge in [0.1, 0.15) is 12.4 Å². The highest BCUT2D eigenvalue weighted by atomic mass is 16.6. The standard InChI is InChI=1S/C19H25NO4/c1-12(2)16(17(21)20-19(3,4)5)24-18(22)14-10-13-8-6-7-9-15(13)23-11-14/h6-10,12,16H,11H2,1-5H3,(H,20,21)/t16-/m0/s1. The van der Waals surface area contributed by atoms with E-state index in [9.17, 15) is 9.59 Å². The second kappa shape index (κ2) is 7.07. The molecule has 2 rings (SSSR count). The molecule has 0 saturated heterocycles. The number of benzene rings is 1. The SMILES string of the molecule is CC(C)[C@H](OC(=O)C1=Cc2ccccc2OC1)C(=O)NC(C)(C)C. The Morgan fingerprint density at radius 2 is 1.88 bits per heavy atom. The first-order chi connectivity index (χ1) is 11.2. The average Bonchev–Trinajstić information content (AvgIpc) is 2.49. The van der Waals surface area contributed by atoms with Crippen LogP contribution in [0.15, 0.2) is 29.8 Å². The van der Waals surface area contributed by atoms with Crippen molar-refractivity contribution < 1.29 is 19.1 Å². The van der Waals surface area contributed by atoms with Crippen molar-refractivity contribution in [3.63, 3.8) is 0 Å². The third-order valence-corrected chi connectivity index (χ3v) is 3.49. The summed E-state index contributed by atoms with van der Waals surface area (Å²) in [6.45, 7) is 9.50. The lowest BCUT2D eigenvalue weighted by molar-refractivity contribution is -0.156. The quantitative estimate of drug-likeness (QED) is 0.862. The maximum atomic E-state index is 12.4. The van der Waals surface area contributed by atoms with Crippen LogP contribution in [0, 0.1) is 5.92 Å². The molecule has 130 valence electrons. The smallest absolute Gasteiger partial charge is 0.338 e. The normalized spacial score (nSPS) is 15.0. The van der Waals surface area contributed by atoms with Crippen LogP contribution in [0.4, 0.5) is 0 Å². The lowest BCUT2D eigenvalue weighted by Gasteiger charge is -2.27. The van der Waals surface area contributed by atoms with E-state index in [1.165, 1.54) is 0 Å². The zero-order valence-corrected chi connectivity index (χ0v) is 14.9. The summed E-state index contributed by atoms with van der Waals surface area (Å²) in [6, 6.07) is 7.47. The van der Waals surface area contributed by atoms with Gasteiger partial charge < -0.3 is 14.8 Å². The number of hydrogen-bond donors (Lipinski definition) is 1. The lowest BCUT2D eigenvalue weighted by Crippen LogP contribution is -2.49. The fourth-order valence-electron chi connectivity index (χ4n) is 2.36. The molecule has 1 aromatic carbocycles. The minimum absolute atomic E-state index is 0.131. The second-order valence-corrected chi connectivity index (χ2v) is 7.31. The van der Waals surface area contributed by atoms with Crippen molar-refractivity contribution in [2.45, 2.75) is 46.3 Å². The number of rotatable bonds is 4. The Kier molecular flexibility index (Phi) is 5.32. The van der Waals surface area contributed by atoms with Crippen LogP contribution < -0.4 is 10.1 Å². The molecular formula is C19H25NO4. The van der Waals surface area contributed by atoms with E-state index in [-0.39, 0.29) is 24.0 Å². The van der Waals surface area contributed by atoms with Crippen LogP contribution in [0.3, 0.4) is 0 Å². The fourth-order valence-corrected chi connectivity index (χ4v) is 2.36. The lowest BCUT2D eigenvalue weighted by atomic mass is 10.0. The number of fused-ring (bicyclic) bond motifs is 1. The maximum Gasteiger partial charge on any atom is 0.338 e. The molecule has 24 heavy (non-hydrogen) atoms. The molecule has 0 radical (unpaired) electrons. The molecule has 1 aromatic rings. The second-order valence-electron chi connectivity index (χ2n) is 7.31. The molecule has 0 spiro atoms. The summed E-state index contributed by atoms with van der Waals surface area (Å²) in [6.07, 6.45) is 0.912. The molecule has 0 saturated carbocycles. The highest BCUT2D eigenvalue weighted by molar-refractivity contribution is 5.97. The summed E-state index contributed by atoms with van der Waals surface area (Å²) in [5.74, 6) is -0.204. The number of carbonyl (C=O) groups is 2. The maximum absolute atomic E-state index is 12.4. The van der Waals surface area contributed by atoms with Crippen LogP contribution in [0.2, 0.25) is 0 Å². The molecule has 5 heteroatoms. The number of amides is 1. The predicted octanol–water partition coefficient (Wildman–Crippen LogP) is 2.94. The van der Waals surface area contributed by atoms with E-state index in [0.29, 0.717) is 5.57 Å². The number of ether oxygens (including phenoxy) is 2. The summed E-state index contributed by atoms with van der Waals surface area (Å²) < 4.78 is 11.0. The Morgan fingerprint density at radius 1 is 1.21 bits per heavy atom. The topological polar surface area (TPSA) is 64.6 Å². The molecular weight excluding hydrogens is 306 g/mol. The molecule has 1 heterocycles. The van der Waals surface area contributed by atoms with Gasteiger partial charge in [-0.1, -0.05) is 32.0 Å². The van der Waals surface area contributed by atoms with Crippen molar-refractivity contribution in [1.82, 2.24) is 5.32 Å². The molecule has 0 aliphatic carbocycles. The first kappa shape index (κ1) is 18.0. The summed E-state index contributed by atoms with van der Waals surface area (Å²) >= 11 is 0. The number of hydrogen-bond acceptors (Lipinski definition) is 4. The molecule has 0 bridgehead atoms. The Bertz CT molecular complexity index is 656. The van der Waals surface area contributed by atoms with Crippen molar-refractivity contribution in [3.05, 3.63) is 35.4 Å². The van der Waals surface area contributed by atoms with Gasteiger partial charge in [0.15, 0.2) is 6.10 Å². The first-order valence-corrected chi connectivity index (χ1v) is 8.13. The Hall–Kier alpha value is -2.30. The Labute approximate surface area is 143 Å². The van der Waals surface area contributed by atoms with Crippen LogP contribution in [0.25, 0.3) is 6.08 Å². The van der Waals surface area contributed by atoms with E-state index < -0.39 is 12.1 Å². The van der Waals surface area contributed by atoms with Gasteiger partial charge >= 0.3 is 5.97 Å². The molecule has 5 nitrogen and oxygen atoms in total. The monoisotopic (exact) mass is 331 g/mol. The Morgan fingerprint density at radius 3 is 2.50 bits per heavy atom. The predicted molar refractivity (Wildman–Crippen MR) is 92.5 cm³/mol. The molecule has 0 fully saturated rings. The van der Waals surface area contributed by atoms with E-state index in [1.54, 1.807) is 6.08 Å². The van der Waals surface area contributed by atoms with Gasteiger partial charge in [-0.2, -0.15) is 0 Å². The van der Waals surface area contributed by atoms with Crippen molar-refractivity contribution in [2.24, 2.45) is 5.92 Å². The molecule has 1 atom stereocenters. The molecule has 1 aliphatic heterocycles. The molecule has 1 aliphatic rings. The van der Waals surface area contributed by atoms with Gasteiger partial charge in [0.2, 0.25) is 0 Å². The molecule has 1 amide bonds. The van der Waals surface area contributed by atoms with Gasteiger partial charge in [-0.3, -0.25) is 4.79 Å². The molecule has 1 N–H and O–H groups in total. The molecule has 0 aromatic heterocycles. The highest BCUT2D eigenvalue weighted by Gasteiger charge is 2.30. The summed E-state index contributed by atoms with van der Waals surface area (Å²) in [4.78, 5) is 24.8. The number of esters is 1. The van der Waals surface area contributed by atoms with Gasteiger partial charge in [0.05, 0.1) is 5.57 Å². The summed E-state index contributed by atoms with van der Waals surface area (Å²) in [5, 5.41) is 2.86. The first-order valence-electron chi connectivity index (χ1n) is 8.13. The zero-order valence-electron chi connectivity index (χ0n) is 14.9. The van der Waals surface area contributed by atoms with Crippen LogP contribution in [0.5, 0.6) is 5.75 Å². The van der Waals surface area contributed by atoms with Gasteiger partial charge in [-0.05, 0) is 38.8 Å². The van der Waals surface area contributed by atoms with Crippen molar-refractivity contribution in [2.75, 3.05) is 6.61 Å². The van der Waals surface area contributed by atoms with Crippen molar-refractivity contribution in [3.8, 4) is 5.75 Å². The van der Waals surface area contributed by atoms with Crippen molar-refractivity contribution in [1.29, 1.82) is 0 Å². The Balaban J connectivity index is 2.12. The minimum Gasteiger partial charge on any atom is -0.488 e. The van der Waals surface area contributed by atoms with E-state index in [2.05, 4.69) is 5.32 Å². The van der Waals surface area contributed by atoms with E-state index in [0.717, 1.165) is 11.3 Å². The zero-order chi connectivity index (χ0) is 17.9. The fraction of sp³-hybridized carbons (Fsp3) is 0.474. The van der Waals surface area contributed by atoms with Gasteiger partial charge in [-0.25, -0.2) is 4.79 Å². The number of nitrogens with one attached hydrogen (secondary N) is 1. The van der Waals surface area contributed by atoms with Crippen LogP contribution in [-0.2, 0) is 14.3 Å². The van der Waals surface area contributed by atoms with Crippen LogP contribution >= 0.6 is 0 Å². The summed E-state index contributed by atoms with van der Waals surface area (Å²) in [7, 11) is 0. The number of para-hydroxylation sites is 1. The van der Waals surface area contributed by atoms with Crippen LogP contribution in [0.1, 0.15) is 40.2 Å². The minimum atomic E-state index is -0.838. The van der Waals surface area contributed by atoms with Gasteiger partial charge in [0, 0.05) is 11.1 Å².